The Labute approximate surface area is 119 Å². The highest BCUT2D eigenvalue weighted by molar-refractivity contribution is 7.13. The fraction of sp³-hybridized carbons (Fsp3) is 0.214. The van der Waals surface area contributed by atoms with Crippen LogP contribution in [0.1, 0.15) is 15.9 Å². The molecule has 0 aliphatic carbocycles. The zero-order valence-corrected chi connectivity index (χ0v) is 11.8. The first kappa shape index (κ1) is 12.5. The molecule has 0 N–H and O–H groups in total. The second-order valence-electron chi connectivity index (χ2n) is 4.19. The molecule has 1 aliphatic heterocycles. The van der Waals surface area contributed by atoms with Crippen molar-refractivity contribution >= 4 is 28.9 Å². The van der Waals surface area contributed by atoms with Crippen LogP contribution in [0.4, 0.5) is 0 Å². The highest BCUT2D eigenvalue weighted by atomic mass is 35.5. The quantitative estimate of drug-likeness (QED) is 0.751. The van der Waals surface area contributed by atoms with Gasteiger partial charge in [0, 0.05) is 22.9 Å². The first-order chi connectivity index (χ1) is 9.20. The molecule has 0 spiro atoms. The van der Waals surface area contributed by atoms with Crippen LogP contribution in [0, 0.1) is 0 Å². The van der Waals surface area contributed by atoms with E-state index in [4.69, 9.17) is 21.1 Å². The van der Waals surface area contributed by atoms with Crippen molar-refractivity contribution in [3.63, 3.8) is 0 Å². The van der Waals surface area contributed by atoms with Gasteiger partial charge in [-0.3, -0.25) is 0 Å². The Hall–Kier alpha value is -1.52. The average molecular weight is 295 g/mol. The summed E-state index contributed by atoms with van der Waals surface area (Å²) in [4.78, 5) is 12.8. The van der Waals surface area contributed by atoms with Gasteiger partial charge in [-0.2, -0.15) is 0 Å². The van der Waals surface area contributed by atoms with E-state index >= 15 is 0 Å². The second kappa shape index (κ2) is 4.87. The molecule has 5 heteroatoms. The number of benzene rings is 1. The predicted molar refractivity (Wildman–Crippen MR) is 75.3 cm³/mol. The van der Waals surface area contributed by atoms with Crippen molar-refractivity contribution in [1.29, 1.82) is 0 Å². The molecule has 1 aromatic heterocycles. The van der Waals surface area contributed by atoms with Crippen molar-refractivity contribution in [2.75, 3.05) is 13.7 Å². The van der Waals surface area contributed by atoms with E-state index in [1.54, 1.807) is 23.5 Å². The highest BCUT2D eigenvalue weighted by Crippen LogP contribution is 2.41. The molecule has 2 heterocycles. The summed E-state index contributed by atoms with van der Waals surface area (Å²) >= 11 is 7.75. The minimum absolute atomic E-state index is 0.352. The summed E-state index contributed by atoms with van der Waals surface area (Å²) in [6.07, 6.45) is 0.860. The van der Waals surface area contributed by atoms with Crippen molar-refractivity contribution in [3.8, 4) is 16.2 Å². The van der Waals surface area contributed by atoms with Gasteiger partial charge in [0.2, 0.25) is 0 Å². The minimum atomic E-state index is -0.435. The van der Waals surface area contributed by atoms with Gasteiger partial charge in [-0.1, -0.05) is 11.6 Å². The van der Waals surface area contributed by atoms with E-state index in [2.05, 4.69) is 6.07 Å². The summed E-state index contributed by atoms with van der Waals surface area (Å²) in [6.45, 7) is 0.616. The predicted octanol–water partition coefficient (Wildman–Crippen LogP) is 3.79. The maximum atomic E-state index is 11.7. The summed E-state index contributed by atoms with van der Waals surface area (Å²) < 4.78 is 10.5. The van der Waals surface area contributed by atoms with Crippen LogP contribution in [-0.4, -0.2) is 19.7 Å². The molecule has 0 bridgehead atoms. The van der Waals surface area contributed by atoms with Crippen molar-refractivity contribution in [3.05, 3.63) is 39.7 Å². The van der Waals surface area contributed by atoms with E-state index in [9.17, 15) is 4.79 Å². The molecular formula is C14H11ClO3S. The molecule has 3 rings (SSSR count). The third-order valence-corrected chi connectivity index (χ3v) is 4.40. The largest absolute Gasteiger partial charge is 0.493 e. The Morgan fingerprint density at radius 1 is 1.47 bits per heavy atom. The van der Waals surface area contributed by atoms with Crippen LogP contribution >= 0.6 is 22.9 Å². The van der Waals surface area contributed by atoms with Crippen molar-refractivity contribution in [2.45, 2.75) is 6.42 Å². The zero-order chi connectivity index (χ0) is 13.4. The molecule has 0 atom stereocenters. The normalized spacial score (nSPS) is 12.9. The topological polar surface area (TPSA) is 35.5 Å². The molecule has 0 fully saturated rings. The van der Waals surface area contributed by atoms with E-state index in [-0.39, 0.29) is 0 Å². The van der Waals surface area contributed by atoms with Gasteiger partial charge in [0.15, 0.2) is 0 Å². The van der Waals surface area contributed by atoms with Gasteiger partial charge in [0.1, 0.15) is 5.75 Å². The summed E-state index contributed by atoms with van der Waals surface area (Å²) in [5.74, 6) is 0.286. The number of halogens is 1. The van der Waals surface area contributed by atoms with E-state index < -0.39 is 5.97 Å². The third kappa shape index (κ3) is 2.11. The molecule has 3 nitrogen and oxygen atoms in total. The lowest BCUT2D eigenvalue weighted by molar-refractivity contribution is 0.0601. The van der Waals surface area contributed by atoms with Crippen LogP contribution < -0.4 is 4.74 Å². The fourth-order valence-electron chi connectivity index (χ4n) is 2.16. The van der Waals surface area contributed by atoms with Gasteiger partial charge in [0.05, 0.1) is 24.3 Å². The van der Waals surface area contributed by atoms with Gasteiger partial charge in [-0.15, -0.1) is 11.3 Å². The summed E-state index contributed by atoms with van der Waals surface area (Å²) in [5.41, 5.74) is 2.52. The lowest BCUT2D eigenvalue weighted by atomic mass is 10.0. The summed E-state index contributed by atoms with van der Waals surface area (Å²) in [7, 11) is 1.34. The maximum Gasteiger partial charge on any atom is 0.339 e. The van der Waals surface area contributed by atoms with Gasteiger partial charge in [-0.05, 0) is 23.1 Å². The third-order valence-electron chi connectivity index (χ3n) is 3.09. The number of ether oxygens (including phenoxy) is 2. The van der Waals surface area contributed by atoms with Gasteiger partial charge in [-0.25, -0.2) is 4.79 Å². The van der Waals surface area contributed by atoms with Crippen LogP contribution in [0.25, 0.3) is 10.4 Å². The number of hydrogen-bond acceptors (Lipinski definition) is 4. The Morgan fingerprint density at radius 2 is 2.32 bits per heavy atom. The number of hydrogen-bond donors (Lipinski definition) is 0. The van der Waals surface area contributed by atoms with Crippen LogP contribution in [0.3, 0.4) is 0 Å². The van der Waals surface area contributed by atoms with Crippen LogP contribution in [0.2, 0.25) is 5.02 Å². The average Bonchev–Trinajstić information content (AvgIpc) is 2.80. The standard InChI is InChI=1S/C14H11ClO3S/c1-17-14(16)9-6-10-12(7-11(9)15)18-4-2-8-3-5-19-13(8)10/h3,5-7H,2,4H2,1H3. The molecule has 0 amide bonds. The summed E-state index contributed by atoms with van der Waals surface area (Å²) in [5, 5.41) is 2.40. The van der Waals surface area contributed by atoms with E-state index in [0.717, 1.165) is 22.6 Å². The van der Waals surface area contributed by atoms with Crippen LogP contribution in [0.15, 0.2) is 23.6 Å². The van der Waals surface area contributed by atoms with Crippen molar-refractivity contribution < 1.29 is 14.3 Å². The Morgan fingerprint density at radius 3 is 3.11 bits per heavy atom. The molecule has 0 unspecified atom stereocenters. The number of thiophene rings is 1. The second-order valence-corrected chi connectivity index (χ2v) is 5.52. The molecule has 19 heavy (non-hydrogen) atoms. The lowest BCUT2D eigenvalue weighted by Gasteiger charge is -2.10. The maximum absolute atomic E-state index is 11.7. The number of carbonyl (C=O) groups excluding carboxylic acids is 1. The lowest BCUT2D eigenvalue weighted by Crippen LogP contribution is -2.03. The minimum Gasteiger partial charge on any atom is -0.493 e. The molecule has 1 aliphatic rings. The highest BCUT2D eigenvalue weighted by Gasteiger charge is 2.21. The molecule has 0 saturated carbocycles. The van der Waals surface area contributed by atoms with Crippen LogP contribution in [0.5, 0.6) is 5.75 Å². The van der Waals surface area contributed by atoms with Gasteiger partial charge in [0.25, 0.3) is 0 Å². The Bertz CT molecular complexity index is 648. The van der Waals surface area contributed by atoms with E-state index in [0.29, 0.717) is 17.2 Å². The number of carbonyl (C=O) groups is 1. The van der Waals surface area contributed by atoms with Gasteiger partial charge < -0.3 is 9.47 Å². The molecule has 2 aromatic rings. The number of fused-ring (bicyclic) bond motifs is 3. The van der Waals surface area contributed by atoms with E-state index in [1.165, 1.54) is 12.7 Å². The molecule has 0 radical (unpaired) electrons. The molecular weight excluding hydrogens is 284 g/mol. The number of esters is 1. The van der Waals surface area contributed by atoms with E-state index in [1.807, 2.05) is 5.38 Å². The molecule has 1 aromatic carbocycles. The monoisotopic (exact) mass is 294 g/mol. The zero-order valence-electron chi connectivity index (χ0n) is 10.2. The number of rotatable bonds is 1. The molecule has 0 saturated heterocycles. The first-order valence-corrected chi connectivity index (χ1v) is 7.08. The van der Waals surface area contributed by atoms with Gasteiger partial charge >= 0.3 is 5.97 Å². The molecule has 98 valence electrons. The Balaban J connectivity index is 2.21. The Kier molecular flexibility index (Phi) is 3.21. The SMILES string of the molecule is COC(=O)c1cc2c(cc1Cl)OCCc1ccsc1-2. The fourth-order valence-corrected chi connectivity index (χ4v) is 3.37. The van der Waals surface area contributed by atoms with Crippen molar-refractivity contribution in [2.24, 2.45) is 0 Å². The first-order valence-electron chi connectivity index (χ1n) is 5.82. The smallest absolute Gasteiger partial charge is 0.339 e. The summed E-state index contributed by atoms with van der Waals surface area (Å²) in [6, 6.07) is 5.53. The number of methoxy groups -OCH3 is 1. The van der Waals surface area contributed by atoms with Crippen molar-refractivity contribution in [1.82, 2.24) is 0 Å². The van der Waals surface area contributed by atoms with Crippen LogP contribution in [-0.2, 0) is 11.2 Å².